The summed E-state index contributed by atoms with van der Waals surface area (Å²) in [5.41, 5.74) is 6.37. The van der Waals surface area contributed by atoms with Gasteiger partial charge in [0.25, 0.3) is 5.91 Å². The van der Waals surface area contributed by atoms with E-state index in [9.17, 15) is 10.1 Å². The van der Waals surface area contributed by atoms with Gasteiger partial charge < -0.3 is 14.0 Å². The predicted molar refractivity (Wildman–Crippen MR) is 127 cm³/mol. The second kappa shape index (κ2) is 9.71. The van der Waals surface area contributed by atoms with E-state index < -0.39 is 0 Å². The first-order chi connectivity index (χ1) is 16.1. The average Bonchev–Trinajstić information content (AvgIpc) is 3.21. The highest BCUT2D eigenvalue weighted by atomic mass is 16.5. The van der Waals surface area contributed by atoms with Gasteiger partial charge in [0.05, 0.1) is 32.1 Å². The van der Waals surface area contributed by atoms with Crippen LogP contribution in [0, 0.1) is 11.3 Å². The van der Waals surface area contributed by atoms with Gasteiger partial charge in [-0.2, -0.15) is 10.4 Å². The largest absolute Gasteiger partial charge is 0.497 e. The summed E-state index contributed by atoms with van der Waals surface area (Å²) in [5.74, 6) is 0.656. The van der Waals surface area contributed by atoms with E-state index in [0.717, 1.165) is 22.0 Å². The highest BCUT2D eigenvalue weighted by Gasteiger charge is 2.11. The zero-order chi connectivity index (χ0) is 23.2. The van der Waals surface area contributed by atoms with Gasteiger partial charge in [0.2, 0.25) is 0 Å². The highest BCUT2D eigenvalue weighted by molar-refractivity contribution is 6.00. The molecule has 0 aliphatic rings. The quantitative estimate of drug-likeness (QED) is 0.343. The first kappa shape index (κ1) is 21.7. The average molecular weight is 438 g/mol. The van der Waals surface area contributed by atoms with Crippen LogP contribution in [0.1, 0.15) is 27.0 Å². The van der Waals surface area contributed by atoms with E-state index >= 15 is 0 Å². The normalized spacial score (nSPS) is 10.8. The number of hydrogen-bond donors (Lipinski definition) is 1. The number of rotatable bonds is 7. The molecule has 1 N–H and O–H groups in total. The smallest absolute Gasteiger partial charge is 0.271 e. The third-order valence-corrected chi connectivity index (χ3v) is 5.28. The molecule has 1 amide bonds. The van der Waals surface area contributed by atoms with Crippen molar-refractivity contribution in [2.24, 2.45) is 5.10 Å². The Bertz CT molecular complexity index is 1360. The van der Waals surface area contributed by atoms with Crippen molar-refractivity contribution in [3.63, 3.8) is 0 Å². The molecule has 7 heteroatoms. The first-order valence-corrected chi connectivity index (χ1v) is 10.2. The van der Waals surface area contributed by atoms with E-state index in [0.29, 0.717) is 29.2 Å². The molecule has 0 saturated heterocycles. The van der Waals surface area contributed by atoms with E-state index in [1.165, 1.54) is 14.2 Å². The van der Waals surface area contributed by atoms with Gasteiger partial charge in [0.15, 0.2) is 0 Å². The van der Waals surface area contributed by atoms with Crippen LogP contribution in [0.3, 0.4) is 0 Å². The van der Waals surface area contributed by atoms with Gasteiger partial charge in [-0.1, -0.05) is 36.4 Å². The van der Waals surface area contributed by atoms with Crippen molar-refractivity contribution in [2.75, 3.05) is 14.2 Å². The molecule has 164 valence electrons. The standard InChI is InChI=1S/C26H22N4O3/c1-32-22-11-20(12-23(13-22)33-2)26(31)29-28-15-21-17-30(25-10-6-5-9-24(21)25)16-19-8-4-3-7-18(19)14-27/h3-13,15,17H,16H2,1-2H3,(H,29,31). The number of carbonyl (C=O) groups excluding carboxylic acids is 1. The molecular weight excluding hydrogens is 416 g/mol. The minimum absolute atomic E-state index is 0.374. The van der Waals surface area contributed by atoms with Crippen molar-refractivity contribution in [1.82, 2.24) is 9.99 Å². The molecule has 0 spiro atoms. The van der Waals surface area contributed by atoms with Crippen molar-refractivity contribution >= 4 is 23.0 Å². The maximum absolute atomic E-state index is 12.6. The van der Waals surface area contributed by atoms with E-state index in [4.69, 9.17) is 9.47 Å². The zero-order valence-corrected chi connectivity index (χ0v) is 18.3. The lowest BCUT2D eigenvalue weighted by atomic mass is 10.1. The predicted octanol–water partition coefficient (Wildman–Crippen LogP) is 4.34. The second-order valence-electron chi connectivity index (χ2n) is 7.30. The van der Waals surface area contributed by atoms with E-state index in [1.807, 2.05) is 54.7 Å². The summed E-state index contributed by atoms with van der Waals surface area (Å²) in [7, 11) is 3.05. The van der Waals surface area contributed by atoms with Gasteiger partial charge >= 0.3 is 0 Å². The van der Waals surface area contributed by atoms with Crippen LogP contribution < -0.4 is 14.9 Å². The number of amides is 1. The molecule has 4 aromatic rings. The Kier molecular flexibility index (Phi) is 6.37. The van der Waals surface area contributed by atoms with Crippen LogP contribution >= 0.6 is 0 Å². The van der Waals surface area contributed by atoms with Gasteiger partial charge in [0, 0.05) is 40.8 Å². The third kappa shape index (κ3) is 4.70. The summed E-state index contributed by atoms with van der Waals surface area (Å²) in [4.78, 5) is 12.6. The summed E-state index contributed by atoms with van der Waals surface area (Å²) >= 11 is 0. The van der Waals surface area contributed by atoms with Gasteiger partial charge in [-0.15, -0.1) is 0 Å². The van der Waals surface area contributed by atoms with Crippen LogP contribution in [0.15, 0.2) is 78.0 Å². The summed E-state index contributed by atoms with van der Waals surface area (Å²) < 4.78 is 12.5. The Morgan fingerprint density at radius 1 is 1.06 bits per heavy atom. The molecule has 0 saturated carbocycles. The first-order valence-electron chi connectivity index (χ1n) is 10.2. The number of nitrogens with one attached hydrogen (secondary N) is 1. The Balaban J connectivity index is 1.58. The number of ether oxygens (including phenoxy) is 2. The van der Waals surface area contributed by atoms with E-state index in [-0.39, 0.29) is 5.91 Å². The van der Waals surface area contributed by atoms with Crippen LogP contribution in [0.5, 0.6) is 11.5 Å². The summed E-state index contributed by atoms with van der Waals surface area (Å²) in [6.45, 7) is 0.550. The molecule has 1 heterocycles. The number of aromatic nitrogens is 1. The molecule has 33 heavy (non-hydrogen) atoms. The van der Waals surface area contributed by atoms with Gasteiger partial charge in [0.1, 0.15) is 11.5 Å². The van der Waals surface area contributed by atoms with Crippen LogP contribution in [0.4, 0.5) is 0 Å². The lowest BCUT2D eigenvalue weighted by molar-refractivity contribution is 0.0954. The molecule has 1 aromatic heterocycles. The Morgan fingerprint density at radius 3 is 2.48 bits per heavy atom. The highest BCUT2D eigenvalue weighted by Crippen LogP contribution is 2.23. The number of hydrazone groups is 1. The second-order valence-corrected chi connectivity index (χ2v) is 7.30. The topological polar surface area (TPSA) is 88.6 Å². The number of hydrogen-bond acceptors (Lipinski definition) is 5. The Morgan fingerprint density at radius 2 is 1.76 bits per heavy atom. The number of nitrogens with zero attached hydrogens (tertiary/aromatic N) is 3. The van der Waals surface area contributed by atoms with Gasteiger partial charge in [-0.25, -0.2) is 5.43 Å². The van der Waals surface area contributed by atoms with Crippen molar-refractivity contribution in [2.45, 2.75) is 6.54 Å². The fourth-order valence-corrected chi connectivity index (χ4v) is 3.62. The maximum Gasteiger partial charge on any atom is 0.271 e. The number of nitriles is 1. The van der Waals surface area contributed by atoms with Crippen LogP contribution in [-0.2, 0) is 6.54 Å². The molecule has 0 fully saturated rings. The van der Waals surface area contributed by atoms with E-state index in [1.54, 1.807) is 24.4 Å². The van der Waals surface area contributed by atoms with Crippen molar-refractivity contribution in [3.8, 4) is 17.6 Å². The zero-order valence-electron chi connectivity index (χ0n) is 18.3. The van der Waals surface area contributed by atoms with E-state index in [2.05, 4.69) is 21.2 Å². The molecule has 0 bridgehead atoms. The van der Waals surface area contributed by atoms with Crippen LogP contribution in [-0.4, -0.2) is 30.9 Å². The number of benzene rings is 3. The molecule has 0 radical (unpaired) electrons. The lowest BCUT2D eigenvalue weighted by Crippen LogP contribution is -2.17. The van der Waals surface area contributed by atoms with Crippen molar-refractivity contribution in [3.05, 3.63) is 95.2 Å². The van der Waals surface area contributed by atoms with Crippen LogP contribution in [0.2, 0.25) is 0 Å². The number of carbonyl (C=O) groups is 1. The van der Waals surface area contributed by atoms with Crippen molar-refractivity contribution < 1.29 is 14.3 Å². The summed E-state index contributed by atoms with van der Waals surface area (Å²) in [5, 5.41) is 14.6. The lowest BCUT2D eigenvalue weighted by Gasteiger charge is -2.07. The van der Waals surface area contributed by atoms with Gasteiger partial charge in [-0.05, 0) is 29.8 Å². The van der Waals surface area contributed by atoms with Gasteiger partial charge in [-0.3, -0.25) is 4.79 Å². The maximum atomic E-state index is 12.6. The number of methoxy groups -OCH3 is 2. The third-order valence-electron chi connectivity index (χ3n) is 5.28. The fraction of sp³-hybridized carbons (Fsp3) is 0.115. The molecule has 3 aromatic carbocycles. The molecule has 7 nitrogen and oxygen atoms in total. The molecule has 0 atom stereocenters. The molecule has 0 unspecified atom stereocenters. The SMILES string of the molecule is COc1cc(OC)cc(C(=O)NN=Cc2cn(Cc3ccccc3C#N)c3ccccc23)c1. The fourth-order valence-electron chi connectivity index (χ4n) is 3.62. The molecule has 0 aliphatic carbocycles. The van der Waals surface area contributed by atoms with Crippen molar-refractivity contribution in [1.29, 1.82) is 5.26 Å². The molecular formula is C26H22N4O3. The number of para-hydroxylation sites is 1. The number of fused-ring (bicyclic) bond motifs is 1. The summed E-state index contributed by atoms with van der Waals surface area (Å²) in [6, 6.07) is 22.6. The summed E-state index contributed by atoms with van der Waals surface area (Å²) in [6.07, 6.45) is 3.58. The minimum Gasteiger partial charge on any atom is -0.497 e. The Labute approximate surface area is 191 Å². The monoisotopic (exact) mass is 438 g/mol. The minimum atomic E-state index is -0.380. The van der Waals surface area contributed by atoms with Crippen LogP contribution in [0.25, 0.3) is 10.9 Å². The Hall–Kier alpha value is -4.57. The molecule has 4 rings (SSSR count). The molecule has 0 aliphatic heterocycles.